The topological polar surface area (TPSA) is 9.23 Å². The minimum Gasteiger partial charge on any atom is -0.458 e. The first kappa shape index (κ1) is 13.7. The van der Waals surface area contributed by atoms with Gasteiger partial charge in [0.25, 0.3) is 0 Å². The largest absolute Gasteiger partial charge is 0.458 e. The molecule has 0 aliphatic heterocycles. The molecule has 0 fully saturated rings. The highest BCUT2D eigenvalue weighted by Crippen LogP contribution is 2.22. The van der Waals surface area contributed by atoms with Gasteiger partial charge in [-0.25, -0.2) is 0 Å². The normalized spacial score (nSPS) is 11.1. The van der Waals surface area contributed by atoms with Crippen LogP contribution in [0.4, 0.5) is 0 Å². The molecule has 0 N–H and O–H groups in total. The second-order valence-electron chi connectivity index (χ2n) is 4.93. The van der Waals surface area contributed by atoms with E-state index in [1.54, 1.807) is 11.3 Å². The Morgan fingerprint density at radius 1 is 1.10 bits per heavy atom. The molecule has 2 heteroatoms. The van der Waals surface area contributed by atoms with Gasteiger partial charge >= 0.3 is 0 Å². The predicted molar refractivity (Wildman–Crippen MR) is 91.8 cm³/mol. The molecule has 0 atom stereocenters. The molecule has 0 amide bonds. The first-order valence-corrected chi connectivity index (χ1v) is 7.67. The summed E-state index contributed by atoms with van der Waals surface area (Å²) in [6.45, 7) is 5.99. The van der Waals surface area contributed by atoms with E-state index in [2.05, 4.69) is 43.1 Å². The molecule has 0 spiro atoms. The van der Waals surface area contributed by atoms with Crippen molar-refractivity contribution in [2.45, 2.75) is 6.92 Å². The van der Waals surface area contributed by atoms with Crippen LogP contribution in [0.15, 0.2) is 72.3 Å². The lowest BCUT2D eigenvalue weighted by Crippen LogP contribution is -1.89. The number of thiophene rings is 1. The lowest BCUT2D eigenvalue weighted by atomic mass is 10.1. The highest BCUT2D eigenvalue weighted by molar-refractivity contribution is 7.17. The molecule has 1 heterocycles. The molecule has 3 aromatic rings. The Morgan fingerprint density at radius 3 is 2.71 bits per heavy atom. The highest BCUT2D eigenvalue weighted by atomic mass is 32.1. The Hall–Kier alpha value is -2.32. The van der Waals surface area contributed by atoms with Crippen molar-refractivity contribution in [3.8, 4) is 5.75 Å². The molecule has 0 unspecified atom stereocenters. The minimum atomic E-state index is 0.629. The van der Waals surface area contributed by atoms with E-state index in [4.69, 9.17) is 4.74 Å². The quantitative estimate of drug-likeness (QED) is 0.435. The number of rotatable bonds is 4. The van der Waals surface area contributed by atoms with Gasteiger partial charge < -0.3 is 4.74 Å². The number of aryl methyl sites for hydroxylation is 1. The maximum atomic E-state index is 5.68. The Labute approximate surface area is 128 Å². The summed E-state index contributed by atoms with van der Waals surface area (Å²) in [5.41, 5.74) is 2.36. The van der Waals surface area contributed by atoms with Gasteiger partial charge in [-0.1, -0.05) is 36.4 Å². The van der Waals surface area contributed by atoms with E-state index in [9.17, 15) is 0 Å². The van der Waals surface area contributed by atoms with Crippen molar-refractivity contribution in [3.63, 3.8) is 0 Å². The van der Waals surface area contributed by atoms with Crippen LogP contribution in [0.1, 0.15) is 11.1 Å². The van der Waals surface area contributed by atoms with Gasteiger partial charge in [-0.05, 0) is 59.7 Å². The van der Waals surface area contributed by atoms with Gasteiger partial charge in [0, 0.05) is 4.70 Å². The SMILES string of the molecule is C=C(/C=C\c1ccc2sccc2c1)Oc1ccc(C)cc1. The van der Waals surface area contributed by atoms with Crippen LogP contribution in [-0.4, -0.2) is 0 Å². The maximum absolute atomic E-state index is 5.68. The monoisotopic (exact) mass is 292 g/mol. The summed E-state index contributed by atoms with van der Waals surface area (Å²) in [5, 5.41) is 3.38. The Balaban J connectivity index is 1.69. The Kier molecular flexibility index (Phi) is 3.89. The van der Waals surface area contributed by atoms with Gasteiger partial charge in [-0.2, -0.15) is 0 Å². The molecule has 0 aliphatic rings. The lowest BCUT2D eigenvalue weighted by Gasteiger charge is -2.05. The van der Waals surface area contributed by atoms with Gasteiger partial charge in [0.2, 0.25) is 0 Å². The fraction of sp³-hybridized carbons (Fsp3) is 0.0526. The van der Waals surface area contributed by atoms with Crippen molar-refractivity contribution in [3.05, 3.63) is 83.5 Å². The first-order chi connectivity index (χ1) is 10.2. The van der Waals surface area contributed by atoms with Crippen molar-refractivity contribution in [1.82, 2.24) is 0 Å². The molecule has 104 valence electrons. The first-order valence-electron chi connectivity index (χ1n) is 6.79. The van der Waals surface area contributed by atoms with Crippen LogP contribution < -0.4 is 4.74 Å². The van der Waals surface area contributed by atoms with E-state index in [1.807, 2.05) is 36.4 Å². The second-order valence-corrected chi connectivity index (χ2v) is 5.88. The van der Waals surface area contributed by atoms with E-state index < -0.39 is 0 Å². The molecule has 1 aromatic heterocycles. The van der Waals surface area contributed by atoms with Crippen molar-refractivity contribution >= 4 is 27.5 Å². The van der Waals surface area contributed by atoms with Gasteiger partial charge in [0.05, 0.1) is 0 Å². The summed E-state index contributed by atoms with van der Waals surface area (Å²) < 4.78 is 6.99. The van der Waals surface area contributed by atoms with Crippen LogP contribution in [0, 0.1) is 6.92 Å². The number of fused-ring (bicyclic) bond motifs is 1. The Bertz CT molecular complexity index is 794. The van der Waals surface area contributed by atoms with Crippen LogP contribution in [0.2, 0.25) is 0 Å². The van der Waals surface area contributed by atoms with Gasteiger partial charge in [0.1, 0.15) is 11.5 Å². The molecule has 1 nitrogen and oxygen atoms in total. The number of hydrogen-bond acceptors (Lipinski definition) is 2. The average Bonchev–Trinajstić information content (AvgIpc) is 2.95. The van der Waals surface area contributed by atoms with Crippen molar-refractivity contribution in [1.29, 1.82) is 0 Å². The Morgan fingerprint density at radius 2 is 1.90 bits per heavy atom. The summed E-state index contributed by atoms with van der Waals surface area (Å²) >= 11 is 1.76. The molecule has 21 heavy (non-hydrogen) atoms. The maximum Gasteiger partial charge on any atom is 0.127 e. The van der Waals surface area contributed by atoms with Crippen LogP contribution >= 0.6 is 11.3 Å². The van der Waals surface area contributed by atoms with Crippen molar-refractivity contribution in [2.75, 3.05) is 0 Å². The minimum absolute atomic E-state index is 0.629. The third-order valence-electron chi connectivity index (χ3n) is 3.21. The van der Waals surface area contributed by atoms with E-state index in [0.29, 0.717) is 5.76 Å². The third-order valence-corrected chi connectivity index (χ3v) is 4.11. The predicted octanol–water partition coefficient (Wildman–Crippen LogP) is 5.82. The molecule has 0 saturated carbocycles. The summed E-state index contributed by atoms with van der Waals surface area (Å²) in [6, 6.07) is 16.5. The van der Waals surface area contributed by atoms with E-state index in [-0.39, 0.29) is 0 Å². The zero-order valence-electron chi connectivity index (χ0n) is 11.9. The van der Waals surface area contributed by atoms with E-state index in [1.165, 1.54) is 15.6 Å². The summed E-state index contributed by atoms with van der Waals surface area (Å²) in [5.74, 6) is 1.44. The van der Waals surface area contributed by atoms with Crippen molar-refractivity contribution in [2.24, 2.45) is 0 Å². The number of hydrogen-bond donors (Lipinski definition) is 0. The molecule has 0 bridgehead atoms. The van der Waals surface area contributed by atoms with E-state index in [0.717, 1.165) is 11.3 Å². The zero-order valence-corrected chi connectivity index (χ0v) is 12.7. The summed E-state index contributed by atoms with van der Waals surface area (Å²) in [4.78, 5) is 0. The molecule has 0 radical (unpaired) electrons. The van der Waals surface area contributed by atoms with Gasteiger partial charge in [-0.3, -0.25) is 0 Å². The molecular weight excluding hydrogens is 276 g/mol. The third kappa shape index (κ3) is 3.41. The molecule has 3 rings (SSSR count). The average molecular weight is 292 g/mol. The summed E-state index contributed by atoms with van der Waals surface area (Å²) in [6.07, 6.45) is 3.92. The number of benzene rings is 2. The molecule has 0 saturated heterocycles. The van der Waals surface area contributed by atoms with Crippen LogP contribution in [0.3, 0.4) is 0 Å². The molecular formula is C19H16OS. The van der Waals surface area contributed by atoms with Crippen LogP contribution in [-0.2, 0) is 0 Å². The van der Waals surface area contributed by atoms with Crippen molar-refractivity contribution < 1.29 is 4.74 Å². The lowest BCUT2D eigenvalue weighted by molar-refractivity contribution is 0.447. The standard InChI is InChI=1S/C19H16OS/c1-14-3-8-18(9-4-14)20-15(2)5-6-16-7-10-19-17(13-16)11-12-21-19/h3-13H,2H2,1H3/b6-5-. The zero-order chi connectivity index (χ0) is 14.7. The fourth-order valence-electron chi connectivity index (χ4n) is 2.07. The highest BCUT2D eigenvalue weighted by Gasteiger charge is 1.97. The number of ether oxygens (including phenoxy) is 1. The fourth-order valence-corrected chi connectivity index (χ4v) is 2.84. The van der Waals surface area contributed by atoms with Gasteiger partial charge in [-0.15, -0.1) is 11.3 Å². The van der Waals surface area contributed by atoms with Crippen LogP contribution in [0.5, 0.6) is 5.75 Å². The van der Waals surface area contributed by atoms with E-state index >= 15 is 0 Å². The molecule has 2 aromatic carbocycles. The van der Waals surface area contributed by atoms with Crippen LogP contribution in [0.25, 0.3) is 16.2 Å². The van der Waals surface area contributed by atoms with Gasteiger partial charge in [0.15, 0.2) is 0 Å². The smallest absolute Gasteiger partial charge is 0.127 e. The second kappa shape index (κ2) is 5.98. The molecule has 0 aliphatic carbocycles. The number of allylic oxidation sites excluding steroid dienone is 1. The summed E-state index contributed by atoms with van der Waals surface area (Å²) in [7, 11) is 0.